The van der Waals surface area contributed by atoms with Crippen LogP contribution >= 0.6 is 0 Å². The molecular weight excluding hydrogens is 223 g/mol. The molecule has 1 aromatic rings. The van der Waals surface area contributed by atoms with Gasteiger partial charge >= 0.3 is 86.4 Å². The molecule has 0 atom stereocenters. The maximum absolute atomic E-state index is 10.5. The fourth-order valence-corrected chi connectivity index (χ4v) is 0.856. The SMILES string of the molecule is O=C(O)c1ccccc1C(=O)O.[K+].[Mg+2]. The van der Waals surface area contributed by atoms with Crippen LogP contribution in [-0.4, -0.2) is 45.2 Å². The van der Waals surface area contributed by atoms with E-state index >= 15 is 0 Å². The molecule has 2 N–H and O–H groups in total. The van der Waals surface area contributed by atoms with Crippen LogP contribution in [0.15, 0.2) is 24.3 Å². The molecule has 0 aliphatic heterocycles. The molecule has 1 rings (SSSR count). The molecule has 14 heavy (non-hydrogen) atoms. The summed E-state index contributed by atoms with van der Waals surface area (Å²) in [7, 11) is 0. The average molecular weight is 230 g/mol. The number of benzene rings is 1. The second-order valence-electron chi connectivity index (χ2n) is 2.16. The van der Waals surface area contributed by atoms with Gasteiger partial charge in [0.25, 0.3) is 0 Å². The van der Waals surface area contributed by atoms with Crippen molar-refractivity contribution in [2.24, 2.45) is 0 Å². The molecule has 6 heteroatoms. The van der Waals surface area contributed by atoms with Gasteiger partial charge in [0.1, 0.15) is 0 Å². The number of hydrogen-bond donors (Lipinski definition) is 2. The number of carboxylic acid groups (broad SMARTS) is 2. The second-order valence-corrected chi connectivity index (χ2v) is 2.16. The molecule has 0 saturated carbocycles. The maximum Gasteiger partial charge on any atom is 2.00 e. The Kier molecular flexibility index (Phi) is 9.46. The molecule has 0 saturated heterocycles. The van der Waals surface area contributed by atoms with E-state index in [1.165, 1.54) is 24.3 Å². The zero-order valence-electron chi connectivity index (χ0n) is 7.73. The van der Waals surface area contributed by atoms with E-state index in [-0.39, 0.29) is 85.6 Å². The predicted molar refractivity (Wildman–Crippen MR) is 46.1 cm³/mol. The Bertz CT molecular complexity index is 307. The molecule has 4 nitrogen and oxygen atoms in total. The van der Waals surface area contributed by atoms with Crippen molar-refractivity contribution in [2.45, 2.75) is 0 Å². The largest absolute Gasteiger partial charge is 2.00 e. The van der Waals surface area contributed by atoms with Crippen LogP contribution in [-0.2, 0) is 0 Å². The molecule has 1 aromatic carbocycles. The summed E-state index contributed by atoms with van der Waals surface area (Å²) in [5.41, 5.74) is -0.380. The Hall–Kier alpha value is 0.563. The Morgan fingerprint density at radius 3 is 1.43 bits per heavy atom. The molecule has 0 radical (unpaired) electrons. The van der Waals surface area contributed by atoms with Gasteiger partial charge in [0.15, 0.2) is 0 Å². The van der Waals surface area contributed by atoms with Gasteiger partial charge in [-0.25, -0.2) is 9.59 Å². The monoisotopic (exact) mass is 229 g/mol. The van der Waals surface area contributed by atoms with E-state index in [0.717, 1.165) is 0 Å². The quantitative estimate of drug-likeness (QED) is 0.560. The van der Waals surface area contributed by atoms with E-state index in [9.17, 15) is 9.59 Å². The molecule has 0 aromatic heterocycles. The van der Waals surface area contributed by atoms with E-state index in [2.05, 4.69) is 0 Å². The van der Waals surface area contributed by atoms with E-state index in [4.69, 9.17) is 10.2 Å². The molecule has 0 aliphatic carbocycles. The zero-order valence-corrected chi connectivity index (χ0v) is 12.3. The van der Waals surface area contributed by atoms with Gasteiger partial charge in [-0.1, -0.05) is 12.1 Å². The van der Waals surface area contributed by atoms with Gasteiger partial charge in [0.05, 0.1) is 11.1 Å². The minimum Gasteiger partial charge on any atom is -0.478 e. The standard InChI is InChI=1S/C8H6O4.K.Mg/c9-7(10)5-3-1-2-4-6(5)8(11)12;;/h1-4H,(H,9,10)(H,11,12);;/q;+1;+2. The van der Waals surface area contributed by atoms with Crippen LogP contribution < -0.4 is 51.4 Å². The van der Waals surface area contributed by atoms with Gasteiger partial charge in [0, 0.05) is 0 Å². The summed E-state index contributed by atoms with van der Waals surface area (Å²) in [6.07, 6.45) is 0. The smallest absolute Gasteiger partial charge is 0.478 e. The summed E-state index contributed by atoms with van der Waals surface area (Å²) >= 11 is 0. The van der Waals surface area contributed by atoms with E-state index < -0.39 is 11.9 Å². The van der Waals surface area contributed by atoms with Gasteiger partial charge in [-0.15, -0.1) is 0 Å². The topological polar surface area (TPSA) is 74.6 Å². The van der Waals surface area contributed by atoms with Crippen molar-refractivity contribution in [3.63, 3.8) is 0 Å². The first-order valence-electron chi connectivity index (χ1n) is 3.18. The third-order valence-electron chi connectivity index (χ3n) is 1.39. The number of hydrogen-bond acceptors (Lipinski definition) is 2. The van der Waals surface area contributed by atoms with Crippen molar-refractivity contribution < 1.29 is 71.2 Å². The number of aromatic carboxylic acids is 2. The minimum atomic E-state index is -1.23. The number of carbonyl (C=O) groups is 2. The van der Waals surface area contributed by atoms with Crippen molar-refractivity contribution >= 4 is 35.0 Å². The van der Waals surface area contributed by atoms with Crippen LogP contribution in [0.2, 0.25) is 0 Å². The third kappa shape index (κ3) is 4.39. The number of carboxylic acids is 2. The molecule has 0 aliphatic rings. The van der Waals surface area contributed by atoms with E-state index in [1.807, 2.05) is 0 Å². The molecule has 0 amide bonds. The van der Waals surface area contributed by atoms with Crippen molar-refractivity contribution in [3.8, 4) is 0 Å². The van der Waals surface area contributed by atoms with E-state index in [1.54, 1.807) is 0 Å². The van der Waals surface area contributed by atoms with Crippen LogP contribution in [0.1, 0.15) is 20.7 Å². The molecule has 0 spiro atoms. The molecule has 0 heterocycles. The average Bonchev–Trinajstić information content (AvgIpc) is 2.04. The molecular formula is C8H6KMgO4+3. The Balaban J connectivity index is 0. The Labute approximate surface area is 139 Å². The number of rotatable bonds is 2. The summed E-state index contributed by atoms with van der Waals surface area (Å²) in [6, 6.07) is 5.48. The molecule has 0 bridgehead atoms. The van der Waals surface area contributed by atoms with Gasteiger partial charge in [-0.2, -0.15) is 0 Å². The molecule has 0 unspecified atom stereocenters. The van der Waals surface area contributed by atoms with Gasteiger partial charge in [-0.05, 0) is 12.1 Å². The first kappa shape index (κ1) is 17.0. The first-order valence-corrected chi connectivity index (χ1v) is 3.18. The minimum absolute atomic E-state index is 0. The Morgan fingerprint density at radius 1 is 0.929 bits per heavy atom. The van der Waals surface area contributed by atoms with Crippen LogP contribution in [0, 0.1) is 0 Å². The summed E-state index contributed by atoms with van der Waals surface area (Å²) < 4.78 is 0. The van der Waals surface area contributed by atoms with Crippen LogP contribution in [0.4, 0.5) is 0 Å². The van der Waals surface area contributed by atoms with Crippen LogP contribution in [0.5, 0.6) is 0 Å². The Morgan fingerprint density at radius 2 is 1.21 bits per heavy atom. The van der Waals surface area contributed by atoms with Gasteiger partial charge < -0.3 is 10.2 Å². The van der Waals surface area contributed by atoms with Crippen LogP contribution in [0.3, 0.4) is 0 Å². The van der Waals surface area contributed by atoms with E-state index in [0.29, 0.717) is 0 Å². The summed E-state index contributed by atoms with van der Waals surface area (Å²) in [6.45, 7) is 0. The van der Waals surface area contributed by atoms with Crippen molar-refractivity contribution in [3.05, 3.63) is 35.4 Å². The van der Waals surface area contributed by atoms with Crippen molar-refractivity contribution in [2.75, 3.05) is 0 Å². The molecule has 0 fully saturated rings. The van der Waals surface area contributed by atoms with Crippen molar-refractivity contribution in [1.82, 2.24) is 0 Å². The molecule has 62 valence electrons. The second kappa shape index (κ2) is 7.80. The summed E-state index contributed by atoms with van der Waals surface area (Å²) in [5, 5.41) is 17.1. The summed E-state index contributed by atoms with van der Waals surface area (Å²) in [5.74, 6) is -2.46. The maximum atomic E-state index is 10.5. The van der Waals surface area contributed by atoms with Gasteiger partial charge in [0.2, 0.25) is 0 Å². The van der Waals surface area contributed by atoms with Gasteiger partial charge in [-0.3, -0.25) is 0 Å². The normalized spacial score (nSPS) is 8.00. The fourth-order valence-electron chi connectivity index (χ4n) is 0.856. The first-order chi connectivity index (χ1) is 5.63. The fraction of sp³-hybridized carbons (Fsp3) is 0. The predicted octanol–water partition coefficient (Wildman–Crippen LogP) is -2.29. The summed E-state index contributed by atoms with van der Waals surface area (Å²) in [4.78, 5) is 20.9. The van der Waals surface area contributed by atoms with Crippen LogP contribution in [0.25, 0.3) is 0 Å². The zero-order chi connectivity index (χ0) is 9.14. The van der Waals surface area contributed by atoms with Crippen molar-refractivity contribution in [1.29, 1.82) is 0 Å². The third-order valence-corrected chi connectivity index (χ3v) is 1.39.